The van der Waals surface area contributed by atoms with Gasteiger partial charge >= 0.3 is 0 Å². The summed E-state index contributed by atoms with van der Waals surface area (Å²) in [7, 11) is 1.70. The molecular formula is C13H21N3O. The van der Waals surface area contributed by atoms with Crippen LogP contribution in [-0.4, -0.2) is 25.2 Å². The summed E-state index contributed by atoms with van der Waals surface area (Å²) in [6.07, 6.45) is 4.77. The Bertz CT molecular complexity index is 379. The minimum atomic E-state index is 0.537. The predicted molar refractivity (Wildman–Crippen MR) is 69.1 cm³/mol. The summed E-state index contributed by atoms with van der Waals surface area (Å²) in [6.45, 7) is 1.99. The Hall–Kier alpha value is -1.13. The van der Waals surface area contributed by atoms with Crippen molar-refractivity contribution in [3.63, 3.8) is 0 Å². The Morgan fingerprint density at radius 1 is 1.41 bits per heavy atom. The molecule has 3 N–H and O–H groups in total. The first-order valence-corrected chi connectivity index (χ1v) is 6.29. The van der Waals surface area contributed by atoms with Gasteiger partial charge in [-0.15, -0.1) is 0 Å². The zero-order chi connectivity index (χ0) is 12.1. The molecule has 94 valence electrons. The number of fused-ring (bicyclic) bond motifs is 1. The van der Waals surface area contributed by atoms with Gasteiger partial charge in [0, 0.05) is 31.5 Å². The number of hydrogen-bond acceptors (Lipinski definition) is 4. The third-order valence-electron chi connectivity index (χ3n) is 3.20. The fourth-order valence-electron chi connectivity index (χ4n) is 2.26. The summed E-state index contributed by atoms with van der Waals surface area (Å²) in [5.41, 5.74) is 9.52. The van der Waals surface area contributed by atoms with Crippen LogP contribution < -0.4 is 11.1 Å². The average Bonchev–Trinajstić information content (AvgIpc) is 2.38. The van der Waals surface area contributed by atoms with Crippen molar-refractivity contribution in [2.45, 2.75) is 32.2 Å². The number of aryl methyl sites for hydroxylation is 2. The lowest BCUT2D eigenvalue weighted by Gasteiger charge is -2.19. The number of anilines is 1. The molecule has 0 spiro atoms. The molecule has 1 aromatic rings. The summed E-state index contributed by atoms with van der Waals surface area (Å²) in [5.74, 6) is 0.935. The van der Waals surface area contributed by atoms with E-state index in [4.69, 9.17) is 15.5 Å². The lowest BCUT2D eigenvalue weighted by atomic mass is 9.95. The van der Waals surface area contributed by atoms with E-state index in [1.807, 2.05) is 0 Å². The second-order valence-electron chi connectivity index (χ2n) is 4.43. The lowest BCUT2D eigenvalue weighted by Crippen LogP contribution is -2.15. The molecule has 0 saturated heterocycles. The van der Waals surface area contributed by atoms with Gasteiger partial charge in [-0.25, -0.2) is 4.98 Å². The molecule has 0 amide bonds. The maximum Gasteiger partial charge on any atom is 0.130 e. The molecule has 0 bridgehead atoms. The van der Waals surface area contributed by atoms with E-state index >= 15 is 0 Å². The highest BCUT2D eigenvalue weighted by Gasteiger charge is 2.14. The summed E-state index contributed by atoms with van der Waals surface area (Å²) in [4.78, 5) is 4.71. The van der Waals surface area contributed by atoms with Crippen molar-refractivity contribution in [2.24, 2.45) is 5.73 Å². The first-order chi connectivity index (χ1) is 8.35. The number of nitrogens with zero attached hydrogens (tertiary/aromatic N) is 1. The number of aromatic nitrogens is 1. The number of pyridine rings is 1. The fraction of sp³-hybridized carbons (Fsp3) is 0.615. The van der Waals surface area contributed by atoms with Gasteiger partial charge < -0.3 is 15.8 Å². The highest BCUT2D eigenvalue weighted by molar-refractivity contribution is 5.48. The molecule has 1 aliphatic carbocycles. The minimum Gasteiger partial charge on any atom is -0.383 e. The molecule has 17 heavy (non-hydrogen) atoms. The Kier molecular flexibility index (Phi) is 4.34. The van der Waals surface area contributed by atoms with Crippen molar-refractivity contribution in [1.82, 2.24) is 4.98 Å². The Morgan fingerprint density at radius 2 is 2.24 bits per heavy atom. The number of methoxy groups -OCH3 is 1. The van der Waals surface area contributed by atoms with E-state index in [-0.39, 0.29) is 0 Å². The van der Waals surface area contributed by atoms with Crippen LogP contribution in [-0.2, 0) is 24.1 Å². The second kappa shape index (κ2) is 5.98. The molecule has 1 aromatic heterocycles. The summed E-state index contributed by atoms with van der Waals surface area (Å²) in [5, 5.41) is 3.30. The molecule has 1 heterocycles. The van der Waals surface area contributed by atoms with Crippen molar-refractivity contribution in [2.75, 3.05) is 25.6 Å². The number of nitrogens with two attached hydrogens (primary N) is 1. The van der Waals surface area contributed by atoms with E-state index < -0.39 is 0 Å². The van der Waals surface area contributed by atoms with Gasteiger partial charge in [0.2, 0.25) is 0 Å². The van der Waals surface area contributed by atoms with E-state index in [2.05, 4.69) is 11.4 Å². The van der Waals surface area contributed by atoms with E-state index in [0.29, 0.717) is 13.2 Å². The first kappa shape index (κ1) is 12.3. The van der Waals surface area contributed by atoms with Gasteiger partial charge in [-0.1, -0.05) is 0 Å². The van der Waals surface area contributed by atoms with Crippen LogP contribution in [0.4, 0.5) is 5.82 Å². The number of rotatable bonds is 5. The van der Waals surface area contributed by atoms with Gasteiger partial charge in [-0.05, 0) is 37.3 Å². The van der Waals surface area contributed by atoms with Crippen LogP contribution in [0.25, 0.3) is 0 Å². The van der Waals surface area contributed by atoms with Crippen LogP contribution in [0.3, 0.4) is 0 Å². The van der Waals surface area contributed by atoms with Crippen molar-refractivity contribution >= 4 is 5.82 Å². The molecule has 0 fully saturated rings. The van der Waals surface area contributed by atoms with Crippen molar-refractivity contribution < 1.29 is 4.74 Å². The highest BCUT2D eigenvalue weighted by atomic mass is 16.5. The van der Waals surface area contributed by atoms with E-state index in [1.54, 1.807) is 7.11 Å². The van der Waals surface area contributed by atoms with Gasteiger partial charge in [0.1, 0.15) is 5.82 Å². The van der Waals surface area contributed by atoms with E-state index in [9.17, 15) is 0 Å². The third kappa shape index (κ3) is 2.96. The summed E-state index contributed by atoms with van der Waals surface area (Å²) < 4.78 is 5.03. The highest BCUT2D eigenvalue weighted by Crippen LogP contribution is 2.24. The van der Waals surface area contributed by atoms with Gasteiger partial charge in [0.05, 0.1) is 6.61 Å². The van der Waals surface area contributed by atoms with Crippen LogP contribution in [0.1, 0.15) is 29.7 Å². The van der Waals surface area contributed by atoms with E-state index in [1.165, 1.54) is 24.1 Å². The molecule has 4 heteroatoms. The van der Waals surface area contributed by atoms with Gasteiger partial charge in [0.15, 0.2) is 0 Å². The minimum absolute atomic E-state index is 0.537. The first-order valence-electron chi connectivity index (χ1n) is 6.29. The number of nitrogens with one attached hydrogen (secondary N) is 1. The van der Waals surface area contributed by atoms with E-state index in [0.717, 1.165) is 30.8 Å². The fourth-order valence-corrected chi connectivity index (χ4v) is 2.26. The van der Waals surface area contributed by atoms with Crippen LogP contribution in [0.5, 0.6) is 0 Å². The standard InChI is InChI=1S/C13H21N3O/c1-17-7-6-15-13-11(9-14)8-10-4-2-3-5-12(10)16-13/h8H,2-7,9,14H2,1H3,(H,15,16). The quantitative estimate of drug-likeness (QED) is 0.759. The monoisotopic (exact) mass is 235 g/mol. The van der Waals surface area contributed by atoms with Gasteiger partial charge in [0.25, 0.3) is 0 Å². The zero-order valence-corrected chi connectivity index (χ0v) is 10.5. The van der Waals surface area contributed by atoms with Crippen LogP contribution in [0.15, 0.2) is 6.07 Å². The zero-order valence-electron chi connectivity index (χ0n) is 10.5. The molecule has 0 aromatic carbocycles. The molecule has 4 nitrogen and oxygen atoms in total. The molecule has 0 saturated carbocycles. The lowest BCUT2D eigenvalue weighted by molar-refractivity contribution is 0.210. The van der Waals surface area contributed by atoms with Crippen molar-refractivity contribution in [3.05, 3.63) is 22.9 Å². The average molecular weight is 235 g/mol. The molecule has 0 unspecified atom stereocenters. The molecule has 1 aliphatic rings. The predicted octanol–water partition coefficient (Wildman–Crippen LogP) is 1.48. The largest absolute Gasteiger partial charge is 0.383 e. The molecule has 2 rings (SSSR count). The normalized spacial score (nSPS) is 14.5. The Balaban J connectivity index is 2.17. The Morgan fingerprint density at radius 3 is 3.00 bits per heavy atom. The van der Waals surface area contributed by atoms with Crippen LogP contribution in [0, 0.1) is 0 Å². The van der Waals surface area contributed by atoms with Gasteiger partial charge in [-0.2, -0.15) is 0 Å². The molecular weight excluding hydrogens is 214 g/mol. The number of ether oxygens (including phenoxy) is 1. The van der Waals surface area contributed by atoms with Crippen molar-refractivity contribution in [1.29, 1.82) is 0 Å². The molecule has 0 atom stereocenters. The SMILES string of the molecule is COCCNc1nc2c(cc1CN)CCCC2. The molecule has 0 radical (unpaired) electrons. The van der Waals surface area contributed by atoms with Crippen LogP contribution >= 0.6 is 0 Å². The second-order valence-corrected chi connectivity index (χ2v) is 4.43. The van der Waals surface area contributed by atoms with Crippen molar-refractivity contribution in [3.8, 4) is 0 Å². The summed E-state index contributed by atoms with van der Waals surface area (Å²) in [6, 6.07) is 2.22. The maximum atomic E-state index is 5.78. The Labute approximate surface area is 103 Å². The topological polar surface area (TPSA) is 60.2 Å². The summed E-state index contributed by atoms with van der Waals surface area (Å²) >= 11 is 0. The third-order valence-corrected chi connectivity index (χ3v) is 3.20. The smallest absolute Gasteiger partial charge is 0.130 e. The maximum absolute atomic E-state index is 5.78. The number of hydrogen-bond donors (Lipinski definition) is 2. The van der Waals surface area contributed by atoms with Crippen LogP contribution in [0.2, 0.25) is 0 Å². The van der Waals surface area contributed by atoms with Gasteiger partial charge in [-0.3, -0.25) is 0 Å². The molecule has 0 aliphatic heterocycles.